The van der Waals surface area contributed by atoms with Crippen LogP contribution in [-0.2, 0) is 6.54 Å². The average molecular weight is 259 g/mol. The monoisotopic (exact) mass is 259 g/mol. The minimum absolute atomic E-state index is 0.0484. The van der Waals surface area contributed by atoms with Gasteiger partial charge >= 0.3 is 0 Å². The molecular weight excluding hydrogens is 241 g/mol. The molecule has 0 aliphatic carbocycles. The number of hydrogen-bond acceptors (Lipinski definition) is 2. The van der Waals surface area contributed by atoms with Crippen molar-refractivity contribution in [3.63, 3.8) is 0 Å². The maximum absolute atomic E-state index is 13.1. The van der Waals surface area contributed by atoms with E-state index in [9.17, 15) is 9.50 Å². The van der Waals surface area contributed by atoms with E-state index < -0.39 is 5.82 Å². The molecule has 2 N–H and O–H groups in total. The van der Waals surface area contributed by atoms with Crippen LogP contribution in [0.5, 0.6) is 5.75 Å². The van der Waals surface area contributed by atoms with Gasteiger partial charge in [-0.2, -0.15) is 0 Å². The summed E-state index contributed by atoms with van der Waals surface area (Å²) < 4.78 is 13.1. The van der Waals surface area contributed by atoms with E-state index in [1.807, 2.05) is 12.1 Å². The zero-order valence-corrected chi connectivity index (χ0v) is 11.2. The van der Waals surface area contributed by atoms with Crippen molar-refractivity contribution < 1.29 is 9.50 Å². The number of hydrogen-bond donors (Lipinski definition) is 2. The first-order chi connectivity index (χ1) is 9.04. The molecule has 3 heteroatoms. The molecule has 0 saturated heterocycles. The Bertz CT molecular complexity index is 546. The Labute approximate surface area is 112 Å². The van der Waals surface area contributed by atoms with E-state index in [1.165, 1.54) is 11.6 Å². The summed E-state index contributed by atoms with van der Waals surface area (Å²) in [6.45, 7) is 4.76. The molecule has 0 atom stereocenters. The summed E-state index contributed by atoms with van der Waals surface area (Å²) in [4.78, 5) is 0. The predicted octanol–water partition coefficient (Wildman–Crippen LogP) is 4.27. The molecule has 0 aromatic heterocycles. The predicted molar refractivity (Wildman–Crippen MR) is 75.9 cm³/mol. The third kappa shape index (κ3) is 3.71. The number of halogens is 1. The molecule has 0 bridgehead atoms. The molecule has 0 fully saturated rings. The van der Waals surface area contributed by atoms with Gasteiger partial charge in [0.15, 0.2) is 0 Å². The number of phenolic OH excluding ortho intramolecular Hbond substituents is 1. The van der Waals surface area contributed by atoms with E-state index in [0.29, 0.717) is 18.0 Å². The molecule has 2 aromatic carbocycles. The normalized spacial score (nSPS) is 10.7. The first kappa shape index (κ1) is 13.4. The first-order valence-electron chi connectivity index (χ1n) is 6.37. The molecular formula is C16H18FNO. The summed E-state index contributed by atoms with van der Waals surface area (Å²) in [6, 6.07) is 12.2. The molecule has 0 radical (unpaired) electrons. The van der Waals surface area contributed by atoms with Gasteiger partial charge in [-0.3, -0.25) is 0 Å². The van der Waals surface area contributed by atoms with Crippen molar-refractivity contribution in [2.75, 3.05) is 5.32 Å². The zero-order valence-electron chi connectivity index (χ0n) is 11.2. The Balaban J connectivity index is 2.07. The third-order valence-corrected chi connectivity index (χ3v) is 2.99. The van der Waals surface area contributed by atoms with Gasteiger partial charge in [-0.05, 0) is 41.3 Å². The second-order valence-corrected chi connectivity index (χ2v) is 4.95. The number of nitrogens with one attached hydrogen (secondary N) is 1. The maximum Gasteiger partial charge on any atom is 0.127 e. The Kier molecular flexibility index (Phi) is 4.05. The van der Waals surface area contributed by atoms with Crippen LogP contribution in [0.15, 0.2) is 42.5 Å². The zero-order chi connectivity index (χ0) is 13.8. The highest BCUT2D eigenvalue weighted by molar-refractivity contribution is 5.47. The van der Waals surface area contributed by atoms with Crippen molar-refractivity contribution in [2.45, 2.75) is 26.3 Å². The lowest BCUT2D eigenvalue weighted by Crippen LogP contribution is -2.00. The van der Waals surface area contributed by atoms with Crippen molar-refractivity contribution in [1.29, 1.82) is 0 Å². The van der Waals surface area contributed by atoms with E-state index in [1.54, 1.807) is 6.07 Å². The molecule has 0 spiro atoms. The van der Waals surface area contributed by atoms with Crippen LogP contribution in [-0.4, -0.2) is 5.11 Å². The number of rotatable bonds is 4. The molecule has 0 amide bonds. The Morgan fingerprint density at radius 1 is 1.16 bits per heavy atom. The van der Waals surface area contributed by atoms with Crippen LogP contribution in [0.3, 0.4) is 0 Å². The van der Waals surface area contributed by atoms with Gasteiger partial charge in [-0.1, -0.05) is 26.0 Å². The highest BCUT2D eigenvalue weighted by atomic mass is 19.1. The van der Waals surface area contributed by atoms with Crippen LogP contribution in [0.1, 0.15) is 30.9 Å². The fourth-order valence-electron chi connectivity index (χ4n) is 1.95. The lowest BCUT2D eigenvalue weighted by atomic mass is 10.0. The SMILES string of the molecule is CC(C)c1cccc(NCc2cc(O)cc(F)c2)c1. The van der Waals surface area contributed by atoms with Crippen LogP contribution in [0.2, 0.25) is 0 Å². The minimum atomic E-state index is -0.423. The van der Waals surface area contributed by atoms with Crippen molar-refractivity contribution in [3.8, 4) is 5.75 Å². The summed E-state index contributed by atoms with van der Waals surface area (Å²) in [5.74, 6) is 0.000395. The smallest absolute Gasteiger partial charge is 0.127 e. The summed E-state index contributed by atoms with van der Waals surface area (Å²) in [6.07, 6.45) is 0. The molecule has 0 aliphatic heterocycles. The quantitative estimate of drug-likeness (QED) is 0.859. The number of phenols is 1. The van der Waals surface area contributed by atoms with Crippen LogP contribution in [0.25, 0.3) is 0 Å². The van der Waals surface area contributed by atoms with Crippen LogP contribution >= 0.6 is 0 Å². The Morgan fingerprint density at radius 3 is 2.63 bits per heavy atom. The van der Waals surface area contributed by atoms with E-state index >= 15 is 0 Å². The molecule has 100 valence electrons. The van der Waals surface area contributed by atoms with E-state index in [-0.39, 0.29) is 5.75 Å². The van der Waals surface area contributed by atoms with Crippen molar-refractivity contribution in [2.24, 2.45) is 0 Å². The number of benzene rings is 2. The van der Waals surface area contributed by atoms with Crippen molar-refractivity contribution in [1.82, 2.24) is 0 Å². The van der Waals surface area contributed by atoms with Gasteiger partial charge in [0.25, 0.3) is 0 Å². The molecule has 2 aromatic rings. The van der Waals surface area contributed by atoms with Gasteiger partial charge in [0.1, 0.15) is 11.6 Å². The van der Waals surface area contributed by atoms with Crippen LogP contribution in [0.4, 0.5) is 10.1 Å². The molecule has 0 saturated carbocycles. The van der Waals surface area contributed by atoms with Gasteiger partial charge in [0, 0.05) is 18.3 Å². The third-order valence-electron chi connectivity index (χ3n) is 2.99. The van der Waals surface area contributed by atoms with Crippen LogP contribution < -0.4 is 5.32 Å². The standard InChI is InChI=1S/C16H18FNO/c1-11(2)13-4-3-5-15(8-13)18-10-12-6-14(17)9-16(19)7-12/h3-9,11,18-19H,10H2,1-2H3. The van der Waals surface area contributed by atoms with Gasteiger partial charge in [-0.25, -0.2) is 4.39 Å². The summed E-state index contributed by atoms with van der Waals surface area (Å²) in [7, 11) is 0. The topological polar surface area (TPSA) is 32.3 Å². The Morgan fingerprint density at radius 2 is 1.95 bits per heavy atom. The van der Waals surface area contributed by atoms with Gasteiger partial charge in [0.2, 0.25) is 0 Å². The number of aromatic hydroxyl groups is 1. The summed E-state index contributed by atoms with van der Waals surface area (Å²) in [5.41, 5.74) is 2.97. The molecule has 2 nitrogen and oxygen atoms in total. The summed E-state index contributed by atoms with van der Waals surface area (Å²) in [5, 5.41) is 12.6. The maximum atomic E-state index is 13.1. The second kappa shape index (κ2) is 5.74. The molecule has 0 unspecified atom stereocenters. The molecule has 2 rings (SSSR count). The highest BCUT2D eigenvalue weighted by Gasteiger charge is 2.02. The van der Waals surface area contributed by atoms with Crippen molar-refractivity contribution >= 4 is 5.69 Å². The van der Waals surface area contributed by atoms with Gasteiger partial charge in [0.05, 0.1) is 0 Å². The molecule has 19 heavy (non-hydrogen) atoms. The molecule has 0 aliphatic rings. The minimum Gasteiger partial charge on any atom is -0.508 e. The van der Waals surface area contributed by atoms with Crippen molar-refractivity contribution in [3.05, 3.63) is 59.4 Å². The number of anilines is 1. The van der Waals surface area contributed by atoms with E-state index in [0.717, 1.165) is 11.8 Å². The first-order valence-corrected chi connectivity index (χ1v) is 6.37. The van der Waals surface area contributed by atoms with Crippen LogP contribution in [0, 0.1) is 5.82 Å². The Hall–Kier alpha value is -2.03. The van der Waals surface area contributed by atoms with E-state index in [4.69, 9.17) is 0 Å². The lowest BCUT2D eigenvalue weighted by molar-refractivity contribution is 0.468. The van der Waals surface area contributed by atoms with E-state index in [2.05, 4.69) is 31.3 Å². The summed E-state index contributed by atoms with van der Waals surface area (Å²) >= 11 is 0. The largest absolute Gasteiger partial charge is 0.508 e. The fraction of sp³-hybridized carbons (Fsp3) is 0.250. The molecule has 0 heterocycles. The fourth-order valence-corrected chi connectivity index (χ4v) is 1.95. The van der Waals surface area contributed by atoms with Gasteiger partial charge < -0.3 is 10.4 Å². The average Bonchev–Trinajstić information content (AvgIpc) is 2.35. The highest BCUT2D eigenvalue weighted by Crippen LogP contribution is 2.20. The van der Waals surface area contributed by atoms with Gasteiger partial charge in [-0.15, -0.1) is 0 Å². The second-order valence-electron chi connectivity index (χ2n) is 4.95. The lowest BCUT2D eigenvalue weighted by Gasteiger charge is -2.10.